The first-order chi connectivity index (χ1) is 13.7. The van der Waals surface area contributed by atoms with Gasteiger partial charge in [-0.25, -0.2) is 4.79 Å². The zero-order valence-corrected chi connectivity index (χ0v) is 17.5. The second kappa shape index (κ2) is 8.12. The molecule has 0 radical (unpaired) electrons. The van der Waals surface area contributed by atoms with E-state index in [2.05, 4.69) is 58.0 Å². The molecule has 0 aromatic heterocycles. The molecule has 0 spiro atoms. The van der Waals surface area contributed by atoms with Gasteiger partial charge in [-0.15, -0.1) is 0 Å². The van der Waals surface area contributed by atoms with Crippen molar-refractivity contribution >= 4 is 5.97 Å². The van der Waals surface area contributed by atoms with Crippen molar-refractivity contribution in [2.45, 2.75) is 38.5 Å². The Morgan fingerprint density at radius 3 is 1.79 bits per heavy atom. The van der Waals surface area contributed by atoms with E-state index in [1.807, 2.05) is 48.5 Å². The Balaban J connectivity index is 2.24. The number of carbonyl (C=O) groups is 1. The number of rotatable bonds is 7. The average Bonchev–Trinajstić information content (AvgIpc) is 2.73. The molecule has 3 nitrogen and oxygen atoms in total. The lowest BCUT2D eigenvalue weighted by atomic mass is 9.68. The van der Waals surface area contributed by atoms with Gasteiger partial charge < -0.3 is 9.84 Å². The number of ether oxygens (including phenoxy) is 1. The monoisotopic (exact) mass is 388 g/mol. The lowest BCUT2D eigenvalue weighted by Crippen LogP contribution is -2.29. The quantitative estimate of drug-likeness (QED) is 0.556. The summed E-state index contributed by atoms with van der Waals surface area (Å²) in [6.07, 6.45) is 0. The molecule has 0 saturated carbocycles. The minimum absolute atomic E-state index is 0.286. The minimum Gasteiger partial charge on any atom is -0.482 e. The van der Waals surface area contributed by atoms with E-state index in [0.29, 0.717) is 5.75 Å². The molecule has 0 atom stereocenters. The van der Waals surface area contributed by atoms with Crippen LogP contribution in [0.3, 0.4) is 0 Å². The van der Waals surface area contributed by atoms with Crippen molar-refractivity contribution < 1.29 is 14.6 Å². The van der Waals surface area contributed by atoms with Gasteiger partial charge in [0.1, 0.15) is 5.75 Å². The third kappa shape index (κ3) is 4.19. The SMILES string of the molecule is CC(C)(c1ccccc1)c1cccc(OCC(=O)O)c1C(C)(C)c1ccccc1. The second-order valence-corrected chi connectivity index (χ2v) is 8.34. The highest BCUT2D eigenvalue weighted by Gasteiger charge is 2.35. The summed E-state index contributed by atoms with van der Waals surface area (Å²) in [6.45, 7) is 8.35. The number of benzene rings is 3. The van der Waals surface area contributed by atoms with Crippen molar-refractivity contribution in [3.8, 4) is 5.75 Å². The summed E-state index contributed by atoms with van der Waals surface area (Å²) in [5.74, 6) is -0.371. The summed E-state index contributed by atoms with van der Waals surface area (Å²) >= 11 is 0. The standard InChI is InChI=1S/C26H28O3/c1-25(2,19-12-7-5-8-13-19)21-16-11-17-22(29-18-23(27)28)24(21)26(3,4)20-14-9-6-10-15-20/h5-17H,18H2,1-4H3,(H,27,28). The summed E-state index contributed by atoms with van der Waals surface area (Å²) in [4.78, 5) is 11.2. The lowest BCUT2D eigenvalue weighted by molar-refractivity contribution is -0.139. The van der Waals surface area contributed by atoms with Crippen molar-refractivity contribution in [3.05, 3.63) is 101 Å². The van der Waals surface area contributed by atoms with Crippen LogP contribution in [0.15, 0.2) is 78.9 Å². The normalized spacial score (nSPS) is 11.9. The fourth-order valence-corrected chi connectivity index (χ4v) is 3.97. The smallest absolute Gasteiger partial charge is 0.341 e. The summed E-state index contributed by atoms with van der Waals surface area (Å²) in [6, 6.07) is 26.6. The van der Waals surface area contributed by atoms with Gasteiger partial charge in [-0.3, -0.25) is 0 Å². The number of carboxylic acids is 1. The molecule has 0 aliphatic heterocycles. The maximum Gasteiger partial charge on any atom is 0.341 e. The molecule has 3 aromatic rings. The molecule has 3 aromatic carbocycles. The highest BCUT2D eigenvalue weighted by atomic mass is 16.5. The van der Waals surface area contributed by atoms with Gasteiger partial charge in [0.15, 0.2) is 6.61 Å². The molecular weight excluding hydrogens is 360 g/mol. The number of hydrogen-bond donors (Lipinski definition) is 1. The molecule has 0 saturated heterocycles. The first kappa shape index (κ1) is 20.7. The molecule has 0 heterocycles. The van der Waals surface area contributed by atoms with Gasteiger partial charge in [-0.2, -0.15) is 0 Å². The molecule has 0 bridgehead atoms. The maximum atomic E-state index is 11.2. The Morgan fingerprint density at radius 1 is 0.759 bits per heavy atom. The summed E-state index contributed by atoms with van der Waals surface area (Å²) < 4.78 is 5.78. The highest BCUT2D eigenvalue weighted by molar-refractivity contribution is 5.69. The van der Waals surface area contributed by atoms with Gasteiger partial charge in [0.2, 0.25) is 0 Å². The van der Waals surface area contributed by atoms with E-state index in [4.69, 9.17) is 9.84 Å². The van der Waals surface area contributed by atoms with E-state index < -0.39 is 5.97 Å². The molecule has 0 fully saturated rings. The van der Waals surface area contributed by atoms with Crippen LogP contribution < -0.4 is 4.74 Å². The Morgan fingerprint density at radius 2 is 1.28 bits per heavy atom. The molecule has 3 heteroatoms. The second-order valence-electron chi connectivity index (χ2n) is 8.34. The Bertz CT molecular complexity index is 973. The molecule has 150 valence electrons. The molecule has 0 aliphatic carbocycles. The summed E-state index contributed by atoms with van der Waals surface area (Å²) in [5, 5.41) is 9.17. The van der Waals surface area contributed by atoms with Gasteiger partial charge in [-0.1, -0.05) is 100 Å². The Labute approximate surface area is 173 Å². The van der Waals surface area contributed by atoms with Gasteiger partial charge in [0.05, 0.1) is 0 Å². The van der Waals surface area contributed by atoms with Crippen LogP contribution in [0.4, 0.5) is 0 Å². The Kier molecular flexibility index (Phi) is 5.78. The fraction of sp³-hybridized carbons (Fsp3) is 0.269. The van der Waals surface area contributed by atoms with Crippen LogP contribution in [-0.2, 0) is 15.6 Å². The maximum absolute atomic E-state index is 11.2. The van der Waals surface area contributed by atoms with E-state index in [-0.39, 0.29) is 17.4 Å². The van der Waals surface area contributed by atoms with Crippen molar-refractivity contribution in [2.75, 3.05) is 6.61 Å². The average molecular weight is 389 g/mol. The topological polar surface area (TPSA) is 46.5 Å². The van der Waals surface area contributed by atoms with Crippen LogP contribution in [-0.4, -0.2) is 17.7 Å². The van der Waals surface area contributed by atoms with E-state index in [1.54, 1.807) is 0 Å². The number of aliphatic carboxylic acids is 1. The summed E-state index contributed by atoms with van der Waals surface area (Å²) in [7, 11) is 0. The van der Waals surface area contributed by atoms with Gasteiger partial charge in [0.25, 0.3) is 0 Å². The van der Waals surface area contributed by atoms with Crippen molar-refractivity contribution in [1.29, 1.82) is 0 Å². The first-order valence-electron chi connectivity index (χ1n) is 9.84. The zero-order valence-electron chi connectivity index (χ0n) is 17.5. The van der Waals surface area contributed by atoms with Crippen LogP contribution in [0.2, 0.25) is 0 Å². The van der Waals surface area contributed by atoms with Crippen LogP contribution in [0.1, 0.15) is 49.9 Å². The molecule has 1 N–H and O–H groups in total. The van der Waals surface area contributed by atoms with Gasteiger partial charge in [-0.05, 0) is 22.8 Å². The third-order valence-corrected chi connectivity index (χ3v) is 5.67. The van der Waals surface area contributed by atoms with Gasteiger partial charge >= 0.3 is 5.97 Å². The van der Waals surface area contributed by atoms with E-state index >= 15 is 0 Å². The fourth-order valence-electron chi connectivity index (χ4n) is 3.97. The first-order valence-corrected chi connectivity index (χ1v) is 9.84. The molecule has 3 rings (SSSR count). The van der Waals surface area contributed by atoms with Crippen molar-refractivity contribution in [2.24, 2.45) is 0 Å². The lowest BCUT2D eigenvalue weighted by Gasteiger charge is -2.36. The molecule has 0 amide bonds. The van der Waals surface area contributed by atoms with Crippen molar-refractivity contribution in [3.63, 3.8) is 0 Å². The van der Waals surface area contributed by atoms with Crippen LogP contribution in [0.25, 0.3) is 0 Å². The van der Waals surface area contributed by atoms with Crippen LogP contribution in [0, 0.1) is 0 Å². The number of carboxylic acid groups (broad SMARTS) is 1. The summed E-state index contributed by atoms with van der Waals surface area (Å²) in [5.41, 5.74) is 3.82. The predicted octanol–water partition coefficient (Wildman–Crippen LogP) is 5.80. The Hall–Kier alpha value is -3.07. The zero-order chi connectivity index (χ0) is 21.1. The van der Waals surface area contributed by atoms with E-state index in [1.165, 1.54) is 5.56 Å². The predicted molar refractivity (Wildman–Crippen MR) is 117 cm³/mol. The van der Waals surface area contributed by atoms with Crippen LogP contribution >= 0.6 is 0 Å². The molecule has 0 unspecified atom stereocenters. The molecule has 29 heavy (non-hydrogen) atoms. The van der Waals surface area contributed by atoms with Crippen molar-refractivity contribution in [1.82, 2.24) is 0 Å². The molecule has 0 aliphatic rings. The highest BCUT2D eigenvalue weighted by Crippen LogP contribution is 2.45. The molecular formula is C26H28O3. The van der Waals surface area contributed by atoms with E-state index in [0.717, 1.165) is 16.7 Å². The minimum atomic E-state index is -0.985. The largest absolute Gasteiger partial charge is 0.482 e. The third-order valence-electron chi connectivity index (χ3n) is 5.67. The van der Waals surface area contributed by atoms with Crippen LogP contribution in [0.5, 0.6) is 5.75 Å². The van der Waals surface area contributed by atoms with E-state index in [9.17, 15) is 4.79 Å². The number of hydrogen-bond acceptors (Lipinski definition) is 2. The van der Waals surface area contributed by atoms with Gasteiger partial charge in [0, 0.05) is 16.4 Å².